The summed E-state index contributed by atoms with van der Waals surface area (Å²) in [4.78, 5) is 25.8. The van der Waals surface area contributed by atoms with E-state index in [0.717, 1.165) is 14.9 Å². The van der Waals surface area contributed by atoms with E-state index in [2.05, 4.69) is 26.0 Å². The number of hydrogen-bond acceptors (Lipinski definition) is 3. The predicted molar refractivity (Wildman–Crippen MR) is 97.5 cm³/mol. The van der Waals surface area contributed by atoms with Gasteiger partial charge in [0.25, 0.3) is 5.91 Å². The highest BCUT2D eigenvalue weighted by Crippen LogP contribution is 2.22. The fourth-order valence-corrected chi connectivity index (χ4v) is 2.77. The maximum atomic E-state index is 12.5. The molecule has 2 aromatic carbocycles. The number of para-hydroxylation sites is 1. The number of carbonyl (C=O) groups excluding carboxylic acids is 2. The standard InChI is InChI=1S/C18H17BrF2N2O3/c1-11-9-12(19)7-8-14(11)22-16(24)10-23(2)17(25)13-5-3-4-6-15(13)26-18(20)21/h3-9,18H,10H2,1-2H3,(H,22,24). The topological polar surface area (TPSA) is 58.6 Å². The molecular formula is C18H17BrF2N2O3. The van der Waals surface area contributed by atoms with Crippen molar-refractivity contribution < 1.29 is 23.1 Å². The van der Waals surface area contributed by atoms with E-state index >= 15 is 0 Å². The summed E-state index contributed by atoms with van der Waals surface area (Å²) >= 11 is 3.34. The van der Waals surface area contributed by atoms with Gasteiger partial charge in [-0.2, -0.15) is 8.78 Å². The lowest BCUT2D eigenvalue weighted by Gasteiger charge is -2.19. The molecular weight excluding hydrogens is 410 g/mol. The van der Waals surface area contributed by atoms with Gasteiger partial charge in [0, 0.05) is 17.2 Å². The van der Waals surface area contributed by atoms with Gasteiger partial charge >= 0.3 is 6.61 Å². The molecule has 0 heterocycles. The highest BCUT2D eigenvalue weighted by molar-refractivity contribution is 9.10. The molecule has 0 saturated heterocycles. The lowest BCUT2D eigenvalue weighted by atomic mass is 10.1. The van der Waals surface area contributed by atoms with Crippen molar-refractivity contribution in [2.45, 2.75) is 13.5 Å². The van der Waals surface area contributed by atoms with Crippen LogP contribution in [0.3, 0.4) is 0 Å². The number of ether oxygens (including phenoxy) is 1. The Labute approximate surface area is 158 Å². The van der Waals surface area contributed by atoms with Crippen molar-refractivity contribution in [1.82, 2.24) is 4.90 Å². The molecule has 0 bridgehead atoms. The Hall–Kier alpha value is -2.48. The van der Waals surface area contributed by atoms with Crippen LogP contribution >= 0.6 is 15.9 Å². The Balaban J connectivity index is 2.06. The summed E-state index contributed by atoms with van der Waals surface area (Å²) < 4.78 is 30.2. The first-order valence-corrected chi connectivity index (χ1v) is 8.42. The zero-order valence-corrected chi connectivity index (χ0v) is 15.7. The molecule has 0 saturated carbocycles. The van der Waals surface area contributed by atoms with Crippen molar-refractivity contribution >= 4 is 33.4 Å². The van der Waals surface area contributed by atoms with Crippen LogP contribution in [0.2, 0.25) is 0 Å². The first-order chi connectivity index (χ1) is 12.3. The molecule has 0 radical (unpaired) electrons. The first-order valence-electron chi connectivity index (χ1n) is 7.63. The fraction of sp³-hybridized carbons (Fsp3) is 0.222. The number of aryl methyl sites for hydroxylation is 1. The van der Waals surface area contributed by atoms with Gasteiger partial charge in [-0.15, -0.1) is 0 Å². The van der Waals surface area contributed by atoms with Gasteiger partial charge in [-0.05, 0) is 42.8 Å². The first kappa shape index (κ1) is 19.8. The van der Waals surface area contributed by atoms with Crippen molar-refractivity contribution in [2.24, 2.45) is 0 Å². The van der Waals surface area contributed by atoms with Crippen LogP contribution in [0.5, 0.6) is 5.75 Å². The number of halogens is 3. The number of anilines is 1. The summed E-state index contributed by atoms with van der Waals surface area (Å²) in [5, 5.41) is 2.72. The Morgan fingerprint density at radius 1 is 1.23 bits per heavy atom. The third-order valence-corrected chi connectivity index (χ3v) is 4.02. The van der Waals surface area contributed by atoms with Gasteiger partial charge in [0.2, 0.25) is 5.91 Å². The van der Waals surface area contributed by atoms with E-state index in [-0.39, 0.29) is 17.9 Å². The number of carbonyl (C=O) groups is 2. The van der Waals surface area contributed by atoms with Gasteiger partial charge in [0.15, 0.2) is 0 Å². The zero-order chi connectivity index (χ0) is 19.3. The van der Waals surface area contributed by atoms with Gasteiger partial charge in [0.05, 0.1) is 12.1 Å². The van der Waals surface area contributed by atoms with Crippen LogP contribution < -0.4 is 10.1 Å². The number of nitrogens with one attached hydrogen (secondary N) is 1. The summed E-state index contributed by atoms with van der Waals surface area (Å²) in [6, 6.07) is 11.0. The smallest absolute Gasteiger partial charge is 0.387 e. The molecule has 0 aliphatic rings. The number of benzene rings is 2. The van der Waals surface area contributed by atoms with Crippen molar-refractivity contribution in [1.29, 1.82) is 0 Å². The number of rotatable bonds is 6. The molecule has 0 fully saturated rings. The Morgan fingerprint density at radius 2 is 1.92 bits per heavy atom. The van der Waals surface area contributed by atoms with Crippen LogP contribution in [0.1, 0.15) is 15.9 Å². The average molecular weight is 427 g/mol. The van der Waals surface area contributed by atoms with E-state index in [9.17, 15) is 18.4 Å². The second-order valence-corrected chi connectivity index (χ2v) is 6.46. The van der Waals surface area contributed by atoms with Crippen molar-refractivity contribution in [3.8, 4) is 5.75 Å². The fourth-order valence-electron chi connectivity index (χ4n) is 2.29. The summed E-state index contributed by atoms with van der Waals surface area (Å²) in [5.41, 5.74) is 1.45. The molecule has 0 aliphatic heterocycles. The summed E-state index contributed by atoms with van der Waals surface area (Å²) in [6.45, 7) is -1.44. The largest absolute Gasteiger partial charge is 0.434 e. The normalized spacial score (nSPS) is 10.5. The number of hydrogen-bond donors (Lipinski definition) is 1. The van der Waals surface area contributed by atoms with Gasteiger partial charge in [-0.1, -0.05) is 28.1 Å². The molecule has 138 valence electrons. The highest BCUT2D eigenvalue weighted by Gasteiger charge is 2.20. The van der Waals surface area contributed by atoms with E-state index in [1.807, 2.05) is 13.0 Å². The zero-order valence-electron chi connectivity index (χ0n) is 14.1. The average Bonchev–Trinajstić information content (AvgIpc) is 2.56. The minimum atomic E-state index is -3.04. The van der Waals surface area contributed by atoms with Crippen molar-refractivity contribution in [2.75, 3.05) is 18.9 Å². The quantitative estimate of drug-likeness (QED) is 0.757. The number of nitrogens with zero attached hydrogens (tertiary/aromatic N) is 1. The molecule has 0 unspecified atom stereocenters. The molecule has 8 heteroatoms. The lowest BCUT2D eigenvalue weighted by molar-refractivity contribution is -0.116. The van der Waals surface area contributed by atoms with E-state index in [1.54, 1.807) is 12.1 Å². The molecule has 2 amide bonds. The number of likely N-dealkylation sites (N-methyl/N-ethyl adjacent to an activating group) is 1. The van der Waals surface area contributed by atoms with E-state index < -0.39 is 18.4 Å². The van der Waals surface area contributed by atoms with Crippen LogP contribution in [-0.4, -0.2) is 36.9 Å². The van der Waals surface area contributed by atoms with Gasteiger partial charge < -0.3 is 15.0 Å². The second-order valence-electron chi connectivity index (χ2n) is 5.54. The maximum absolute atomic E-state index is 12.5. The van der Waals surface area contributed by atoms with E-state index in [1.165, 1.54) is 31.3 Å². The Kier molecular flexibility index (Phi) is 6.68. The van der Waals surface area contributed by atoms with Gasteiger partial charge in [-0.3, -0.25) is 9.59 Å². The third-order valence-electron chi connectivity index (χ3n) is 3.52. The lowest BCUT2D eigenvalue weighted by Crippen LogP contribution is -2.35. The summed E-state index contributed by atoms with van der Waals surface area (Å²) in [5.74, 6) is -1.23. The van der Waals surface area contributed by atoms with Crippen LogP contribution in [0.25, 0.3) is 0 Å². The predicted octanol–water partition coefficient (Wildman–Crippen LogP) is 4.07. The van der Waals surface area contributed by atoms with Crippen LogP contribution in [0.4, 0.5) is 14.5 Å². The van der Waals surface area contributed by atoms with E-state index in [4.69, 9.17) is 0 Å². The van der Waals surface area contributed by atoms with Crippen LogP contribution in [-0.2, 0) is 4.79 Å². The van der Waals surface area contributed by atoms with Crippen molar-refractivity contribution in [3.05, 3.63) is 58.1 Å². The third kappa shape index (κ3) is 5.26. The van der Waals surface area contributed by atoms with Gasteiger partial charge in [0.1, 0.15) is 5.75 Å². The Morgan fingerprint density at radius 3 is 2.58 bits per heavy atom. The molecule has 2 rings (SSSR count). The minimum Gasteiger partial charge on any atom is -0.434 e. The summed E-state index contributed by atoms with van der Waals surface area (Å²) in [6.07, 6.45) is 0. The van der Waals surface area contributed by atoms with Gasteiger partial charge in [-0.25, -0.2) is 0 Å². The maximum Gasteiger partial charge on any atom is 0.387 e. The molecule has 0 aliphatic carbocycles. The molecule has 1 N–H and O–H groups in total. The monoisotopic (exact) mass is 426 g/mol. The van der Waals surface area contributed by atoms with Crippen molar-refractivity contribution in [3.63, 3.8) is 0 Å². The minimum absolute atomic E-state index is 0.0390. The van der Waals surface area contributed by atoms with E-state index in [0.29, 0.717) is 5.69 Å². The molecule has 0 aromatic heterocycles. The molecule has 0 atom stereocenters. The highest BCUT2D eigenvalue weighted by atomic mass is 79.9. The van der Waals surface area contributed by atoms with Crippen LogP contribution in [0.15, 0.2) is 46.9 Å². The summed E-state index contributed by atoms with van der Waals surface area (Å²) in [7, 11) is 1.41. The molecule has 5 nitrogen and oxygen atoms in total. The second kappa shape index (κ2) is 8.75. The number of amides is 2. The number of alkyl halides is 2. The Bertz CT molecular complexity index is 815. The van der Waals surface area contributed by atoms with Crippen LogP contribution in [0, 0.1) is 6.92 Å². The molecule has 2 aromatic rings. The molecule has 26 heavy (non-hydrogen) atoms. The SMILES string of the molecule is Cc1cc(Br)ccc1NC(=O)CN(C)C(=O)c1ccccc1OC(F)F. The molecule has 0 spiro atoms.